The smallest absolute Gasteiger partial charge is 0.00819 e. The molecule has 2 unspecified atom stereocenters. The van der Waals surface area contributed by atoms with E-state index in [4.69, 9.17) is 5.73 Å². The standard InChI is InChI=1S/C13H26N2/c14-12-7-4-8-13(9-12)15-10-11-5-2-1-3-6-11/h11-13,15H,1-10,14H2. The Morgan fingerprint density at radius 1 is 0.933 bits per heavy atom. The van der Waals surface area contributed by atoms with Gasteiger partial charge in [-0.05, 0) is 44.6 Å². The number of nitrogens with two attached hydrogens (primary N) is 1. The van der Waals surface area contributed by atoms with Gasteiger partial charge in [0.15, 0.2) is 0 Å². The molecule has 0 aromatic rings. The average molecular weight is 210 g/mol. The highest BCUT2D eigenvalue weighted by Crippen LogP contribution is 2.24. The number of rotatable bonds is 3. The minimum atomic E-state index is 0.461. The van der Waals surface area contributed by atoms with Crippen molar-refractivity contribution in [2.24, 2.45) is 11.7 Å². The van der Waals surface area contributed by atoms with E-state index >= 15 is 0 Å². The largest absolute Gasteiger partial charge is 0.328 e. The molecule has 2 saturated carbocycles. The fourth-order valence-electron chi connectivity index (χ4n) is 3.14. The summed E-state index contributed by atoms with van der Waals surface area (Å²) in [5, 5.41) is 3.74. The van der Waals surface area contributed by atoms with Crippen LogP contribution < -0.4 is 11.1 Å². The maximum atomic E-state index is 5.99. The maximum absolute atomic E-state index is 5.99. The van der Waals surface area contributed by atoms with Crippen LogP contribution in [0.15, 0.2) is 0 Å². The van der Waals surface area contributed by atoms with Gasteiger partial charge in [-0.15, -0.1) is 0 Å². The van der Waals surface area contributed by atoms with Crippen LogP contribution in [-0.4, -0.2) is 18.6 Å². The highest BCUT2D eigenvalue weighted by molar-refractivity contribution is 4.81. The average Bonchev–Trinajstić information content (AvgIpc) is 2.28. The maximum Gasteiger partial charge on any atom is 0.00819 e. The van der Waals surface area contributed by atoms with E-state index in [1.807, 2.05) is 0 Å². The Hall–Kier alpha value is -0.0800. The van der Waals surface area contributed by atoms with Gasteiger partial charge in [-0.25, -0.2) is 0 Å². The molecule has 0 aromatic carbocycles. The summed E-state index contributed by atoms with van der Waals surface area (Å²) in [5.41, 5.74) is 5.99. The molecule has 0 aromatic heterocycles. The van der Waals surface area contributed by atoms with E-state index in [0.717, 1.165) is 12.0 Å². The molecule has 0 spiro atoms. The van der Waals surface area contributed by atoms with E-state index in [-0.39, 0.29) is 0 Å². The SMILES string of the molecule is NC1CCCC(NCC2CCCCC2)C1. The van der Waals surface area contributed by atoms with Gasteiger partial charge in [-0.2, -0.15) is 0 Å². The second-order valence-corrected chi connectivity index (χ2v) is 5.54. The van der Waals surface area contributed by atoms with Gasteiger partial charge < -0.3 is 11.1 Å². The molecule has 0 radical (unpaired) electrons. The van der Waals surface area contributed by atoms with Gasteiger partial charge in [0.25, 0.3) is 0 Å². The van der Waals surface area contributed by atoms with Crippen LogP contribution in [0, 0.1) is 5.92 Å². The van der Waals surface area contributed by atoms with Gasteiger partial charge in [0, 0.05) is 12.1 Å². The minimum absolute atomic E-state index is 0.461. The van der Waals surface area contributed by atoms with Crippen LogP contribution in [0.1, 0.15) is 57.8 Å². The molecule has 0 bridgehead atoms. The lowest BCUT2D eigenvalue weighted by atomic mass is 9.87. The molecule has 0 aliphatic heterocycles. The Bertz CT molecular complexity index is 175. The topological polar surface area (TPSA) is 38.0 Å². The van der Waals surface area contributed by atoms with Gasteiger partial charge in [0.2, 0.25) is 0 Å². The van der Waals surface area contributed by atoms with Crippen molar-refractivity contribution in [1.82, 2.24) is 5.32 Å². The first-order chi connectivity index (χ1) is 7.34. The second kappa shape index (κ2) is 5.86. The zero-order chi connectivity index (χ0) is 10.5. The highest BCUT2D eigenvalue weighted by atomic mass is 14.9. The van der Waals surface area contributed by atoms with Crippen LogP contribution in [0.3, 0.4) is 0 Å². The summed E-state index contributed by atoms with van der Waals surface area (Å²) in [4.78, 5) is 0. The first-order valence-electron chi connectivity index (χ1n) is 6.83. The third-order valence-electron chi connectivity index (χ3n) is 4.13. The zero-order valence-corrected chi connectivity index (χ0v) is 9.88. The van der Waals surface area contributed by atoms with Crippen molar-refractivity contribution in [2.75, 3.05) is 6.54 Å². The lowest BCUT2D eigenvalue weighted by Gasteiger charge is -2.30. The number of nitrogens with one attached hydrogen (secondary N) is 1. The van der Waals surface area contributed by atoms with Gasteiger partial charge in [-0.3, -0.25) is 0 Å². The monoisotopic (exact) mass is 210 g/mol. The molecule has 2 rings (SSSR count). The number of hydrogen-bond donors (Lipinski definition) is 2. The van der Waals surface area contributed by atoms with Crippen molar-refractivity contribution in [1.29, 1.82) is 0 Å². The second-order valence-electron chi connectivity index (χ2n) is 5.54. The van der Waals surface area contributed by atoms with Crippen LogP contribution in [0.2, 0.25) is 0 Å². The summed E-state index contributed by atoms with van der Waals surface area (Å²) in [6.45, 7) is 1.25. The number of hydrogen-bond acceptors (Lipinski definition) is 2. The molecule has 0 amide bonds. The summed E-state index contributed by atoms with van der Waals surface area (Å²) >= 11 is 0. The van der Waals surface area contributed by atoms with Gasteiger partial charge in [0.05, 0.1) is 0 Å². The molecule has 2 heteroatoms. The fraction of sp³-hybridized carbons (Fsp3) is 1.00. The lowest BCUT2D eigenvalue weighted by molar-refractivity contribution is 0.288. The van der Waals surface area contributed by atoms with Gasteiger partial charge >= 0.3 is 0 Å². The molecule has 88 valence electrons. The summed E-state index contributed by atoms with van der Waals surface area (Å²) in [6.07, 6.45) is 12.4. The first-order valence-corrected chi connectivity index (χ1v) is 6.83. The molecule has 0 saturated heterocycles. The van der Waals surface area contributed by atoms with E-state index < -0.39 is 0 Å². The molecule has 3 N–H and O–H groups in total. The Labute approximate surface area is 94.0 Å². The zero-order valence-electron chi connectivity index (χ0n) is 9.88. The van der Waals surface area contributed by atoms with Crippen LogP contribution in [-0.2, 0) is 0 Å². The minimum Gasteiger partial charge on any atom is -0.328 e. The molecule has 0 heterocycles. The quantitative estimate of drug-likeness (QED) is 0.751. The van der Waals surface area contributed by atoms with Crippen molar-refractivity contribution in [3.63, 3.8) is 0 Å². The summed E-state index contributed by atoms with van der Waals surface area (Å²) < 4.78 is 0. The normalized spacial score (nSPS) is 34.2. The van der Waals surface area contributed by atoms with Crippen molar-refractivity contribution in [2.45, 2.75) is 69.9 Å². The van der Waals surface area contributed by atoms with Crippen LogP contribution in [0.25, 0.3) is 0 Å². The van der Waals surface area contributed by atoms with Crippen molar-refractivity contribution in [3.05, 3.63) is 0 Å². The Morgan fingerprint density at radius 3 is 2.47 bits per heavy atom. The molecule has 2 atom stereocenters. The lowest BCUT2D eigenvalue weighted by Crippen LogP contribution is -2.41. The van der Waals surface area contributed by atoms with E-state index in [9.17, 15) is 0 Å². The fourth-order valence-corrected chi connectivity index (χ4v) is 3.14. The summed E-state index contributed by atoms with van der Waals surface area (Å²) in [7, 11) is 0. The van der Waals surface area contributed by atoms with Gasteiger partial charge in [-0.1, -0.05) is 25.7 Å². The van der Waals surface area contributed by atoms with E-state index in [1.165, 1.54) is 64.3 Å². The molecular weight excluding hydrogens is 184 g/mol. The Balaban J connectivity index is 1.63. The molecule has 2 fully saturated rings. The van der Waals surface area contributed by atoms with Crippen LogP contribution in [0.4, 0.5) is 0 Å². The predicted molar refractivity (Wildman–Crippen MR) is 64.8 cm³/mol. The first kappa shape index (κ1) is 11.4. The molecule has 2 aliphatic carbocycles. The van der Waals surface area contributed by atoms with E-state index in [0.29, 0.717) is 6.04 Å². The molecule has 2 aliphatic rings. The third-order valence-corrected chi connectivity index (χ3v) is 4.13. The van der Waals surface area contributed by atoms with Crippen molar-refractivity contribution < 1.29 is 0 Å². The van der Waals surface area contributed by atoms with E-state index in [2.05, 4.69) is 5.32 Å². The van der Waals surface area contributed by atoms with Crippen molar-refractivity contribution >= 4 is 0 Å². The summed E-state index contributed by atoms with van der Waals surface area (Å²) in [6, 6.07) is 1.18. The van der Waals surface area contributed by atoms with Crippen LogP contribution in [0.5, 0.6) is 0 Å². The van der Waals surface area contributed by atoms with Crippen molar-refractivity contribution in [3.8, 4) is 0 Å². The Kier molecular flexibility index (Phi) is 4.45. The van der Waals surface area contributed by atoms with Crippen LogP contribution >= 0.6 is 0 Å². The molecular formula is C13H26N2. The van der Waals surface area contributed by atoms with E-state index in [1.54, 1.807) is 0 Å². The molecule has 2 nitrogen and oxygen atoms in total. The van der Waals surface area contributed by atoms with Gasteiger partial charge in [0.1, 0.15) is 0 Å². The highest BCUT2D eigenvalue weighted by Gasteiger charge is 2.20. The Morgan fingerprint density at radius 2 is 1.73 bits per heavy atom. The summed E-state index contributed by atoms with van der Waals surface area (Å²) in [5.74, 6) is 0.955. The third kappa shape index (κ3) is 3.76. The molecule has 15 heavy (non-hydrogen) atoms. The predicted octanol–water partition coefficient (Wildman–Crippen LogP) is 2.43.